The molecule has 0 aromatic heterocycles. The minimum Gasteiger partial charge on any atom is -0.480 e. The van der Waals surface area contributed by atoms with Crippen LogP contribution in [0.1, 0.15) is 57.6 Å². The molecule has 0 saturated heterocycles. The number of nitrogens with one attached hydrogen (secondary N) is 2. The van der Waals surface area contributed by atoms with Gasteiger partial charge in [0.1, 0.15) is 18.7 Å². The van der Waals surface area contributed by atoms with Crippen molar-refractivity contribution < 1.29 is 24.2 Å². The maximum Gasteiger partial charge on any atom is 0.407 e. The third-order valence-electron chi connectivity index (χ3n) is 5.93. The summed E-state index contributed by atoms with van der Waals surface area (Å²) >= 11 is 0. The molecule has 7 nitrogen and oxygen atoms in total. The van der Waals surface area contributed by atoms with E-state index >= 15 is 0 Å². The van der Waals surface area contributed by atoms with E-state index in [0.29, 0.717) is 12.8 Å². The van der Waals surface area contributed by atoms with Crippen molar-refractivity contribution in [2.75, 3.05) is 6.61 Å². The highest BCUT2D eigenvalue weighted by Crippen LogP contribution is 2.44. The number of carbonyl (C=O) groups excluding carboxylic acids is 2. The predicted octanol–water partition coefficient (Wildman–Crippen LogP) is 4.31. The molecule has 0 aliphatic heterocycles. The maximum atomic E-state index is 12.9. The SMILES string of the molecule is CCC[C@@H](NC(=O)[C@@H](NC(=O)OCC1c2ccccc2-c2ccccc21)C(C)(C)C)C(=O)O. The number of ether oxygens (including phenoxy) is 1. The Kier molecular flexibility index (Phi) is 7.41. The van der Waals surface area contributed by atoms with Crippen molar-refractivity contribution in [1.82, 2.24) is 10.6 Å². The number of aliphatic carboxylic acids is 1. The number of carboxylic acids is 1. The number of amides is 2. The molecule has 7 heteroatoms. The van der Waals surface area contributed by atoms with Gasteiger partial charge in [-0.3, -0.25) is 4.79 Å². The van der Waals surface area contributed by atoms with Gasteiger partial charge in [-0.25, -0.2) is 9.59 Å². The van der Waals surface area contributed by atoms with Gasteiger partial charge in [-0.2, -0.15) is 0 Å². The first-order chi connectivity index (χ1) is 15.6. The van der Waals surface area contributed by atoms with Gasteiger partial charge in [0.15, 0.2) is 0 Å². The van der Waals surface area contributed by atoms with E-state index in [-0.39, 0.29) is 12.5 Å². The molecule has 3 N–H and O–H groups in total. The summed E-state index contributed by atoms with van der Waals surface area (Å²) in [5.74, 6) is -1.73. The molecule has 0 fully saturated rings. The average Bonchev–Trinajstić information content (AvgIpc) is 3.08. The van der Waals surface area contributed by atoms with Crippen molar-refractivity contribution in [2.45, 2.75) is 58.5 Å². The number of carbonyl (C=O) groups is 3. The van der Waals surface area contributed by atoms with Crippen molar-refractivity contribution in [3.63, 3.8) is 0 Å². The summed E-state index contributed by atoms with van der Waals surface area (Å²) in [6, 6.07) is 14.1. The van der Waals surface area contributed by atoms with E-state index in [0.717, 1.165) is 22.3 Å². The molecule has 0 radical (unpaired) electrons. The van der Waals surface area contributed by atoms with Gasteiger partial charge < -0.3 is 20.5 Å². The van der Waals surface area contributed by atoms with Crippen LogP contribution >= 0.6 is 0 Å². The van der Waals surface area contributed by atoms with Crippen molar-refractivity contribution >= 4 is 18.0 Å². The van der Waals surface area contributed by atoms with Crippen LogP contribution in [0.4, 0.5) is 4.79 Å². The molecular formula is C26H32N2O5. The van der Waals surface area contributed by atoms with Gasteiger partial charge in [-0.15, -0.1) is 0 Å². The fraction of sp³-hybridized carbons (Fsp3) is 0.423. The zero-order valence-corrected chi connectivity index (χ0v) is 19.6. The number of rotatable bonds is 8. The van der Waals surface area contributed by atoms with Crippen LogP contribution in [0.5, 0.6) is 0 Å². The minimum absolute atomic E-state index is 0.0917. The van der Waals surface area contributed by atoms with E-state index in [4.69, 9.17) is 4.74 Å². The summed E-state index contributed by atoms with van der Waals surface area (Å²) in [5, 5.41) is 14.6. The third-order valence-corrected chi connectivity index (χ3v) is 5.93. The minimum atomic E-state index is -1.10. The molecule has 176 valence electrons. The standard InChI is InChI=1S/C26H32N2O5/c1-5-10-21(24(30)31)27-23(29)22(26(2,3)4)28-25(32)33-15-20-18-13-8-6-11-16(18)17-12-7-9-14-19(17)20/h6-9,11-14,20-22H,5,10,15H2,1-4H3,(H,27,29)(H,28,32)(H,30,31)/t21-,22-/m1/s1. The van der Waals surface area contributed by atoms with Crippen LogP contribution in [0, 0.1) is 5.41 Å². The van der Waals surface area contributed by atoms with E-state index in [1.165, 1.54) is 0 Å². The summed E-state index contributed by atoms with van der Waals surface area (Å²) < 4.78 is 5.57. The highest BCUT2D eigenvalue weighted by atomic mass is 16.5. The largest absolute Gasteiger partial charge is 0.480 e. The van der Waals surface area contributed by atoms with Crippen LogP contribution in [-0.2, 0) is 14.3 Å². The Morgan fingerprint density at radius 3 is 2.00 bits per heavy atom. The fourth-order valence-electron chi connectivity index (χ4n) is 4.23. The molecule has 2 amide bonds. The maximum absolute atomic E-state index is 12.9. The molecule has 1 aliphatic rings. The number of hydrogen-bond donors (Lipinski definition) is 3. The third kappa shape index (κ3) is 5.53. The van der Waals surface area contributed by atoms with Gasteiger partial charge in [-0.1, -0.05) is 82.6 Å². The number of alkyl carbamates (subject to hydrolysis) is 1. The van der Waals surface area contributed by atoms with Gasteiger partial charge in [0, 0.05) is 5.92 Å². The van der Waals surface area contributed by atoms with Crippen molar-refractivity contribution in [1.29, 1.82) is 0 Å². The second-order valence-corrected chi connectivity index (χ2v) is 9.46. The molecular weight excluding hydrogens is 420 g/mol. The first kappa shape index (κ1) is 24.3. The first-order valence-corrected chi connectivity index (χ1v) is 11.3. The summed E-state index contributed by atoms with van der Waals surface area (Å²) in [6.45, 7) is 7.38. The van der Waals surface area contributed by atoms with Crippen LogP contribution in [0.3, 0.4) is 0 Å². The fourth-order valence-corrected chi connectivity index (χ4v) is 4.23. The van der Waals surface area contributed by atoms with Crippen LogP contribution in [0.25, 0.3) is 11.1 Å². The van der Waals surface area contributed by atoms with Crippen molar-refractivity contribution in [2.24, 2.45) is 5.41 Å². The van der Waals surface area contributed by atoms with Crippen LogP contribution in [-0.4, -0.2) is 41.8 Å². The second kappa shape index (κ2) is 10.1. The van der Waals surface area contributed by atoms with Crippen LogP contribution in [0.15, 0.2) is 48.5 Å². The molecule has 2 atom stereocenters. The summed E-state index contributed by atoms with van der Waals surface area (Å²) in [7, 11) is 0. The number of hydrogen-bond acceptors (Lipinski definition) is 4. The number of benzene rings is 2. The molecule has 1 aliphatic carbocycles. The lowest BCUT2D eigenvalue weighted by molar-refractivity contribution is -0.142. The van der Waals surface area contributed by atoms with E-state index < -0.39 is 35.5 Å². The van der Waals surface area contributed by atoms with Gasteiger partial charge in [0.05, 0.1) is 0 Å². The molecule has 0 unspecified atom stereocenters. The Bertz CT molecular complexity index is 982. The molecule has 2 aromatic carbocycles. The van der Waals surface area contributed by atoms with Crippen LogP contribution in [0.2, 0.25) is 0 Å². The van der Waals surface area contributed by atoms with E-state index in [9.17, 15) is 19.5 Å². The molecule has 2 aromatic rings. The van der Waals surface area contributed by atoms with Gasteiger partial charge in [0.25, 0.3) is 0 Å². The van der Waals surface area contributed by atoms with E-state index in [1.807, 2.05) is 43.3 Å². The second-order valence-electron chi connectivity index (χ2n) is 9.46. The molecule has 0 bridgehead atoms. The summed E-state index contributed by atoms with van der Waals surface area (Å²) in [4.78, 5) is 37.0. The van der Waals surface area contributed by atoms with Gasteiger partial charge in [-0.05, 0) is 34.1 Å². The topological polar surface area (TPSA) is 105 Å². The molecule has 3 rings (SSSR count). The lowest BCUT2D eigenvalue weighted by Crippen LogP contribution is -2.56. The highest BCUT2D eigenvalue weighted by Gasteiger charge is 2.36. The van der Waals surface area contributed by atoms with Crippen molar-refractivity contribution in [3.05, 3.63) is 59.7 Å². The number of carboxylic acid groups (broad SMARTS) is 1. The molecule has 0 spiro atoms. The average molecular weight is 453 g/mol. The summed E-state index contributed by atoms with van der Waals surface area (Å²) in [6.07, 6.45) is 0.203. The first-order valence-electron chi connectivity index (χ1n) is 11.3. The Labute approximate surface area is 194 Å². The van der Waals surface area contributed by atoms with Gasteiger partial charge >= 0.3 is 12.1 Å². The quantitative estimate of drug-likeness (QED) is 0.554. The Morgan fingerprint density at radius 1 is 0.970 bits per heavy atom. The lowest BCUT2D eigenvalue weighted by Gasteiger charge is -2.31. The Balaban J connectivity index is 1.69. The highest BCUT2D eigenvalue weighted by molar-refractivity contribution is 5.90. The van der Waals surface area contributed by atoms with Gasteiger partial charge in [0.2, 0.25) is 5.91 Å². The molecule has 33 heavy (non-hydrogen) atoms. The van der Waals surface area contributed by atoms with Crippen LogP contribution < -0.4 is 10.6 Å². The molecule has 0 heterocycles. The zero-order chi connectivity index (χ0) is 24.2. The normalized spacial score (nSPS) is 14.5. The molecule has 0 saturated carbocycles. The van der Waals surface area contributed by atoms with Crippen molar-refractivity contribution in [3.8, 4) is 11.1 Å². The predicted molar refractivity (Wildman–Crippen MR) is 126 cm³/mol. The number of fused-ring (bicyclic) bond motifs is 3. The Hall–Kier alpha value is -3.35. The zero-order valence-electron chi connectivity index (χ0n) is 19.6. The van der Waals surface area contributed by atoms with E-state index in [2.05, 4.69) is 22.8 Å². The summed E-state index contributed by atoms with van der Waals surface area (Å²) in [5.41, 5.74) is 3.81. The van der Waals surface area contributed by atoms with E-state index in [1.54, 1.807) is 20.8 Å². The monoisotopic (exact) mass is 452 g/mol. The lowest BCUT2D eigenvalue weighted by atomic mass is 9.86. The Morgan fingerprint density at radius 2 is 1.52 bits per heavy atom. The smallest absolute Gasteiger partial charge is 0.407 e.